The van der Waals surface area contributed by atoms with Crippen molar-refractivity contribution in [2.45, 2.75) is 45.6 Å². The van der Waals surface area contributed by atoms with E-state index in [1.165, 1.54) is 25.7 Å². The van der Waals surface area contributed by atoms with E-state index in [1.807, 2.05) is 0 Å². The minimum absolute atomic E-state index is 0.587. The van der Waals surface area contributed by atoms with Gasteiger partial charge in [-0.05, 0) is 41.6 Å². The maximum atomic E-state index is 4.45. The van der Waals surface area contributed by atoms with E-state index in [9.17, 15) is 0 Å². The van der Waals surface area contributed by atoms with Gasteiger partial charge in [-0.15, -0.1) is 0 Å². The highest BCUT2D eigenvalue weighted by molar-refractivity contribution is 9.10. The molecule has 1 aromatic heterocycles. The summed E-state index contributed by atoms with van der Waals surface area (Å²) in [4.78, 5) is 11.0. The lowest BCUT2D eigenvalue weighted by molar-refractivity contribution is 0.335. The van der Waals surface area contributed by atoms with Crippen molar-refractivity contribution < 1.29 is 0 Å². The van der Waals surface area contributed by atoms with Gasteiger partial charge in [0, 0.05) is 19.6 Å². The monoisotopic (exact) mass is 326 g/mol. The van der Waals surface area contributed by atoms with E-state index < -0.39 is 0 Å². The third-order valence-electron chi connectivity index (χ3n) is 3.91. The largest absolute Gasteiger partial charge is 0.369 e. The molecule has 0 saturated heterocycles. The topological polar surface area (TPSA) is 41.1 Å². The SMILES string of the molecule is CCNc1ncnc(N(C)C2CCCC(C)C2)c1Br. The van der Waals surface area contributed by atoms with Gasteiger partial charge in [-0.2, -0.15) is 0 Å². The highest BCUT2D eigenvalue weighted by Gasteiger charge is 2.25. The maximum Gasteiger partial charge on any atom is 0.148 e. The number of aromatic nitrogens is 2. The Balaban J connectivity index is 2.18. The molecule has 1 aliphatic rings. The number of nitrogens with zero attached hydrogens (tertiary/aromatic N) is 3. The Bertz CT molecular complexity index is 424. The first-order valence-electron chi connectivity index (χ1n) is 7.10. The van der Waals surface area contributed by atoms with Gasteiger partial charge in [0.15, 0.2) is 0 Å². The molecule has 4 nitrogen and oxygen atoms in total. The molecule has 2 rings (SSSR count). The predicted molar refractivity (Wildman–Crippen MR) is 83.7 cm³/mol. The Labute approximate surface area is 124 Å². The molecular formula is C14H23BrN4. The van der Waals surface area contributed by atoms with E-state index in [0.717, 1.165) is 28.6 Å². The fourth-order valence-corrected chi connectivity index (χ4v) is 3.45. The summed E-state index contributed by atoms with van der Waals surface area (Å²) in [5.74, 6) is 2.68. The molecule has 1 aromatic rings. The van der Waals surface area contributed by atoms with Crippen LogP contribution in [0.1, 0.15) is 39.5 Å². The molecule has 1 heterocycles. The van der Waals surface area contributed by atoms with Crippen LogP contribution in [-0.2, 0) is 0 Å². The summed E-state index contributed by atoms with van der Waals surface area (Å²) >= 11 is 3.64. The Kier molecular flexibility index (Phi) is 5.02. The molecule has 1 saturated carbocycles. The third kappa shape index (κ3) is 3.38. The van der Waals surface area contributed by atoms with Gasteiger partial charge in [-0.25, -0.2) is 9.97 Å². The van der Waals surface area contributed by atoms with Crippen LogP contribution in [0, 0.1) is 5.92 Å². The van der Waals surface area contributed by atoms with Crippen LogP contribution in [0.3, 0.4) is 0 Å². The number of halogens is 1. The fraction of sp³-hybridized carbons (Fsp3) is 0.714. The molecule has 106 valence electrons. The zero-order chi connectivity index (χ0) is 13.8. The molecule has 2 unspecified atom stereocenters. The van der Waals surface area contributed by atoms with Gasteiger partial charge in [0.25, 0.3) is 0 Å². The number of hydrogen-bond acceptors (Lipinski definition) is 4. The zero-order valence-electron chi connectivity index (χ0n) is 12.0. The number of rotatable bonds is 4. The van der Waals surface area contributed by atoms with E-state index in [0.29, 0.717) is 6.04 Å². The van der Waals surface area contributed by atoms with Crippen molar-refractivity contribution in [3.05, 3.63) is 10.8 Å². The van der Waals surface area contributed by atoms with Crippen LogP contribution < -0.4 is 10.2 Å². The second kappa shape index (κ2) is 6.55. The Hall–Kier alpha value is -0.840. The van der Waals surface area contributed by atoms with Crippen LogP contribution >= 0.6 is 15.9 Å². The van der Waals surface area contributed by atoms with Gasteiger partial charge in [0.1, 0.15) is 22.4 Å². The lowest BCUT2D eigenvalue weighted by atomic mass is 9.86. The van der Waals surface area contributed by atoms with E-state index in [4.69, 9.17) is 0 Å². The maximum absolute atomic E-state index is 4.45. The molecule has 0 amide bonds. The first-order chi connectivity index (χ1) is 9.13. The van der Waals surface area contributed by atoms with Gasteiger partial charge < -0.3 is 10.2 Å². The van der Waals surface area contributed by atoms with E-state index in [2.05, 4.69) is 57.0 Å². The summed E-state index contributed by atoms with van der Waals surface area (Å²) in [6, 6.07) is 0.587. The van der Waals surface area contributed by atoms with Crippen LogP contribution in [0.4, 0.5) is 11.6 Å². The van der Waals surface area contributed by atoms with Gasteiger partial charge in [0.2, 0.25) is 0 Å². The average Bonchev–Trinajstić information content (AvgIpc) is 2.41. The van der Waals surface area contributed by atoms with Crippen molar-refractivity contribution in [3.63, 3.8) is 0 Å². The van der Waals surface area contributed by atoms with E-state index in [1.54, 1.807) is 6.33 Å². The van der Waals surface area contributed by atoms with Crippen LogP contribution in [0.5, 0.6) is 0 Å². The molecule has 0 aliphatic heterocycles. The van der Waals surface area contributed by atoms with Gasteiger partial charge in [-0.3, -0.25) is 0 Å². The number of hydrogen-bond donors (Lipinski definition) is 1. The lowest BCUT2D eigenvalue weighted by Gasteiger charge is -2.35. The summed E-state index contributed by atoms with van der Waals surface area (Å²) in [7, 11) is 2.14. The first kappa shape index (κ1) is 14.6. The number of nitrogens with one attached hydrogen (secondary N) is 1. The normalized spacial score (nSPS) is 23.2. The van der Waals surface area contributed by atoms with Crippen LogP contribution in [0.25, 0.3) is 0 Å². The molecule has 1 fully saturated rings. The summed E-state index contributed by atoms with van der Waals surface area (Å²) < 4.78 is 0.970. The summed E-state index contributed by atoms with van der Waals surface area (Å²) in [5.41, 5.74) is 0. The van der Waals surface area contributed by atoms with Crippen LogP contribution in [0.2, 0.25) is 0 Å². The predicted octanol–water partition coefficient (Wildman–Crippen LogP) is 3.69. The molecule has 19 heavy (non-hydrogen) atoms. The van der Waals surface area contributed by atoms with E-state index in [-0.39, 0.29) is 0 Å². The average molecular weight is 327 g/mol. The Morgan fingerprint density at radius 2 is 2.21 bits per heavy atom. The summed E-state index contributed by atoms with van der Waals surface area (Å²) in [6.45, 7) is 5.28. The fourth-order valence-electron chi connectivity index (χ4n) is 2.82. The van der Waals surface area contributed by atoms with Gasteiger partial charge >= 0.3 is 0 Å². The molecule has 0 radical (unpaired) electrons. The molecule has 2 atom stereocenters. The quantitative estimate of drug-likeness (QED) is 0.916. The summed E-state index contributed by atoms with van der Waals surface area (Å²) in [6.07, 6.45) is 6.83. The molecule has 1 aliphatic carbocycles. The van der Waals surface area contributed by atoms with Gasteiger partial charge in [-0.1, -0.05) is 19.8 Å². The highest BCUT2D eigenvalue weighted by atomic mass is 79.9. The Morgan fingerprint density at radius 1 is 1.42 bits per heavy atom. The van der Waals surface area contributed by atoms with Crippen molar-refractivity contribution in [3.8, 4) is 0 Å². The second-order valence-electron chi connectivity index (χ2n) is 5.43. The van der Waals surface area contributed by atoms with Crippen molar-refractivity contribution >= 4 is 27.6 Å². The van der Waals surface area contributed by atoms with Crippen molar-refractivity contribution in [2.24, 2.45) is 5.92 Å². The van der Waals surface area contributed by atoms with Crippen LogP contribution in [-0.4, -0.2) is 29.6 Å². The zero-order valence-corrected chi connectivity index (χ0v) is 13.6. The number of anilines is 2. The smallest absolute Gasteiger partial charge is 0.148 e. The second-order valence-corrected chi connectivity index (χ2v) is 6.22. The minimum atomic E-state index is 0.587. The van der Waals surface area contributed by atoms with E-state index >= 15 is 0 Å². The molecule has 0 aromatic carbocycles. The third-order valence-corrected chi connectivity index (χ3v) is 4.64. The minimum Gasteiger partial charge on any atom is -0.369 e. The van der Waals surface area contributed by atoms with Crippen molar-refractivity contribution in [2.75, 3.05) is 23.8 Å². The molecule has 0 bridgehead atoms. The Morgan fingerprint density at radius 3 is 2.89 bits per heavy atom. The molecule has 0 spiro atoms. The van der Waals surface area contributed by atoms with Crippen molar-refractivity contribution in [1.29, 1.82) is 0 Å². The molecular weight excluding hydrogens is 304 g/mol. The van der Waals surface area contributed by atoms with Crippen molar-refractivity contribution in [1.82, 2.24) is 9.97 Å². The standard InChI is InChI=1S/C14H23BrN4/c1-4-16-13-12(15)14(18-9-17-13)19(3)11-7-5-6-10(2)8-11/h9-11H,4-8H2,1-3H3,(H,16,17,18). The summed E-state index contributed by atoms with van der Waals surface area (Å²) in [5, 5.41) is 3.26. The van der Waals surface area contributed by atoms with Crippen LogP contribution in [0.15, 0.2) is 10.8 Å². The molecule has 1 N–H and O–H groups in total. The highest BCUT2D eigenvalue weighted by Crippen LogP contribution is 2.34. The lowest BCUT2D eigenvalue weighted by Crippen LogP contribution is -2.36. The van der Waals surface area contributed by atoms with Gasteiger partial charge in [0.05, 0.1) is 0 Å². The molecule has 5 heteroatoms. The first-order valence-corrected chi connectivity index (χ1v) is 7.90.